The van der Waals surface area contributed by atoms with Crippen LogP contribution in [0.5, 0.6) is 5.75 Å². The van der Waals surface area contributed by atoms with Gasteiger partial charge in [-0.25, -0.2) is 19.1 Å². The number of amides is 8. The lowest BCUT2D eigenvalue weighted by molar-refractivity contribution is -0.271. The molecular weight excluding hydrogens is 1830 g/mol. The number of anilines is 2. The molecular formula is C98H146N12O30. The molecule has 3 heterocycles. The monoisotopic (exact) mass is 1970 g/mol. The van der Waals surface area contributed by atoms with E-state index in [0.29, 0.717) is 148 Å². The molecule has 0 spiro atoms. The van der Waals surface area contributed by atoms with Gasteiger partial charge in [0.2, 0.25) is 47.6 Å². The summed E-state index contributed by atoms with van der Waals surface area (Å²) in [4.78, 5) is 139. The Morgan fingerprint density at radius 2 is 1.12 bits per heavy atom. The zero-order chi connectivity index (χ0) is 102. The van der Waals surface area contributed by atoms with Gasteiger partial charge >= 0.3 is 18.0 Å². The number of methoxy groups -OCH3 is 1. The molecule has 7 rings (SSSR count). The van der Waals surface area contributed by atoms with Gasteiger partial charge in [-0.15, -0.1) is 5.10 Å². The second-order valence-corrected chi connectivity index (χ2v) is 35.6. The van der Waals surface area contributed by atoms with Crippen LogP contribution in [0.2, 0.25) is 0 Å². The average molecular weight is 1970 g/mol. The highest BCUT2D eigenvalue weighted by atomic mass is 16.7. The van der Waals surface area contributed by atoms with Crippen molar-refractivity contribution in [2.45, 2.75) is 194 Å². The van der Waals surface area contributed by atoms with Crippen molar-refractivity contribution in [2.24, 2.45) is 11.3 Å². The summed E-state index contributed by atoms with van der Waals surface area (Å²) < 4.78 is 84.6. The van der Waals surface area contributed by atoms with E-state index < -0.39 is 126 Å². The first-order valence-corrected chi connectivity index (χ1v) is 47.4. The number of aromatic nitrogens is 3. The maximum Gasteiger partial charge on any atom is 0.411 e. The van der Waals surface area contributed by atoms with E-state index in [1.807, 2.05) is 80.9 Å². The minimum atomic E-state index is -2.06. The zero-order valence-electron chi connectivity index (χ0n) is 82.8. The van der Waals surface area contributed by atoms with Gasteiger partial charge in [-0.05, 0) is 99.0 Å². The van der Waals surface area contributed by atoms with Gasteiger partial charge in [-0.1, -0.05) is 120 Å². The number of unbranched alkanes of at least 4 members (excludes halogenated alkanes) is 1. The molecule has 0 aliphatic carbocycles. The normalized spacial score (nSPS) is 16.3. The van der Waals surface area contributed by atoms with Crippen molar-refractivity contribution in [3.63, 3.8) is 0 Å². The van der Waals surface area contributed by atoms with Crippen molar-refractivity contribution in [2.75, 3.05) is 196 Å². The number of fused-ring (bicyclic) bond motifs is 5. The molecule has 1 aromatic heterocycles. The van der Waals surface area contributed by atoms with E-state index in [0.717, 1.165) is 22.4 Å². The Morgan fingerprint density at radius 3 is 1.66 bits per heavy atom. The van der Waals surface area contributed by atoms with Gasteiger partial charge in [0.1, 0.15) is 48.4 Å². The molecule has 1 saturated heterocycles. The number of hydrogen-bond acceptors (Lipinski definition) is 31. The van der Waals surface area contributed by atoms with Crippen LogP contribution in [0.1, 0.15) is 136 Å². The van der Waals surface area contributed by atoms with Gasteiger partial charge in [0, 0.05) is 98.9 Å². The van der Waals surface area contributed by atoms with Crippen molar-refractivity contribution >= 4 is 70.8 Å². The number of aliphatic hydroxyl groups excluding tert-OH is 3. The average Bonchev–Trinajstić information content (AvgIpc) is 1.58. The number of carboxylic acid groups (broad SMARTS) is 2. The highest BCUT2D eigenvalue weighted by Crippen LogP contribution is 2.43. The van der Waals surface area contributed by atoms with Crippen LogP contribution in [0.4, 0.5) is 16.2 Å². The molecule has 140 heavy (non-hydrogen) atoms. The fourth-order valence-electron chi connectivity index (χ4n) is 15.0. The number of aliphatic hydroxyl groups is 3. The molecule has 42 heteroatoms. The molecule has 0 saturated carbocycles. The Bertz CT molecular complexity index is 4700. The van der Waals surface area contributed by atoms with Crippen LogP contribution in [0.25, 0.3) is 22.5 Å². The molecule has 8 amide bonds. The maximum atomic E-state index is 14.5. The molecule has 42 nitrogen and oxygen atoms in total. The zero-order valence-corrected chi connectivity index (χ0v) is 82.8. The molecule has 5 aromatic rings. The Morgan fingerprint density at radius 1 is 0.579 bits per heavy atom. The number of carbonyl (C=O) groups excluding carboxylic acids is 8. The second kappa shape index (κ2) is 61.9. The van der Waals surface area contributed by atoms with Crippen molar-refractivity contribution in [3.05, 3.63) is 125 Å². The number of nitrogens with one attached hydrogen (secondary N) is 7. The van der Waals surface area contributed by atoms with E-state index in [1.165, 1.54) is 36.1 Å². The maximum absolute atomic E-state index is 14.5. The Hall–Kier alpha value is -10.6. The Labute approximate surface area is 818 Å². The number of rotatable bonds is 67. The van der Waals surface area contributed by atoms with Gasteiger partial charge in [-0.2, -0.15) is 0 Å². The third-order valence-electron chi connectivity index (χ3n) is 22.8. The topological polar surface area (TPSA) is 532 Å². The van der Waals surface area contributed by atoms with E-state index in [9.17, 15) is 73.5 Å². The molecule has 4 aromatic carbocycles. The third-order valence-corrected chi connectivity index (χ3v) is 22.8. The highest BCUT2D eigenvalue weighted by Gasteiger charge is 2.49. The fraction of sp³-hybridized carbons (Fsp3) is 0.612. The largest absolute Gasteiger partial charge is 0.479 e. The minimum Gasteiger partial charge on any atom is -0.479 e. The second-order valence-electron chi connectivity index (χ2n) is 35.6. The molecule has 0 radical (unpaired) electrons. The van der Waals surface area contributed by atoms with Crippen LogP contribution in [0, 0.1) is 11.3 Å². The number of likely N-dealkylation sites (N-methyl/N-ethyl adjacent to an activating group) is 2. The number of aliphatic carboxylic acids is 2. The van der Waals surface area contributed by atoms with Crippen LogP contribution in [-0.4, -0.2) is 346 Å². The van der Waals surface area contributed by atoms with Gasteiger partial charge in [0.15, 0.2) is 6.10 Å². The summed E-state index contributed by atoms with van der Waals surface area (Å²) >= 11 is 0. The predicted octanol–water partition coefficient (Wildman–Crippen LogP) is 5.17. The summed E-state index contributed by atoms with van der Waals surface area (Å²) in [6, 6.07) is 22.1. The number of ether oxygens (including phenoxy) is 15. The third kappa shape index (κ3) is 39.0. The number of carboxylic acids is 2. The van der Waals surface area contributed by atoms with Crippen LogP contribution in [-0.2, 0) is 135 Å². The first-order valence-electron chi connectivity index (χ1n) is 47.4. The van der Waals surface area contributed by atoms with Gasteiger partial charge < -0.3 is 138 Å². The van der Waals surface area contributed by atoms with E-state index >= 15 is 0 Å². The smallest absolute Gasteiger partial charge is 0.411 e. The highest BCUT2D eigenvalue weighted by molar-refractivity contribution is 6.00. The number of hydrogen-bond donors (Lipinski definition) is 12. The van der Waals surface area contributed by atoms with Crippen LogP contribution >= 0.6 is 0 Å². The van der Waals surface area contributed by atoms with Gasteiger partial charge in [0.05, 0.1) is 182 Å². The van der Waals surface area contributed by atoms with E-state index in [2.05, 4.69) is 47.5 Å². The number of benzene rings is 4. The van der Waals surface area contributed by atoms with Crippen LogP contribution in [0.15, 0.2) is 103 Å². The molecule has 2 aliphatic rings. The molecule has 2 aliphatic heterocycles. The molecule has 0 bridgehead atoms. The summed E-state index contributed by atoms with van der Waals surface area (Å²) in [5, 5.41) is 80.3. The van der Waals surface area contributed by atoms with E-state index in [4.69, 9.17) is 71.1 Å². The fourth-order valence-corrected chi connectivity index (χ4v) is 15.0. The molecule has 12 N–H and O–H groups in total. The minimum absolute atomic E-state index is 0.0208. The lowest BCUT2D eigenvalue weighted by atomic mass is 9.76. The summed E-state index contributed by atoms with van der Waals surface area (Å²) in [6.07, 6.45) is -9.51. The van der Waals surface area contributed by atoms with Crippen LogP contribution in [0.3, 0.4) is 0 Å². The molecule has 778 valence electrons. The first-order chi connectivity index (χ1) is 67.1. The number of carbonyl (C=O) groups is 10. The lowest BCUT2D eigenvalue weighted by Gasteiger charge is -2.40. The summed E-state index contributed by atoms with van der Waals surface area (Å²) in [7, 11) is 4.79. The predicted molar refractivity (Wildman–Crippen MR) is 513 cm³/mol. The van der Waals surface area contributed by atoms with Crippen molar-refractivity contribution in [1.29, 1.82) is 0 Å². The quantitative estimate of drug-likeness (QED) is 0.0176. The van der Waals surface area contributed by atoms with Gasteiger partial charge in [0.25, 0.3) is 0 Å². The van der Waals surface area contributed by atoms with E-state index in [-0.39, 0.29) is 132 Å². The number of para-hydroxylation sites is 1. The van der Waals surface area contributed by atoms with Gasteiger partial charge in [-0.3, -0.25) is 38.9 Å². The summed E-state index contributed by atoms with van der Waals surface area (Å²) in [5.41, 5.74) is 4.15. The SMILES string of the molecule is CNC(C(=O)NC(C(=O)N(C)C(/C=C(\C)C(=O)O)C(C)C)C(C)(C)C)C(C)(C)c1cccc(NC(=O)OCc2ccc(OC3OC(C(=O)O)C(O)C(O)C3O)c(CNC(=O)CCNC(=O)C(CNC(=O)CCOCCOCCOCCOCCOCCOCCOCCOCCOCCOCCOCCOC)NC(=O)CCCCC(=O)N3Cc4ccccc4-c4nnn(C(C)C)c4-c4ccccc43)c2)c1. The van der Waals surface area contributed by atoms with E-state index in [1.54, 1.807) is 85.0 Å². The van der Waals surface area contributed by atoms with Crippen molar-refractivity contribution in [3.8, 4) is 28.3 Å². The Kier molecular flexibility index (Phi) is 51.5. The summed E-state index contributed by atoms with van der Waals surface area (Å²) in [6.45, 7) is 25.8. The summed E-state index contributed by atoms with van der Waals surface area (Å²) in [5.74, 6) is -6.78. The Balaban J connectivity index is 0.895. The first kappa shape index (κ1) is 116. The van der Waals surface area contributed by atoms with Crippen LogP contribution < -0.4 is 46.9 Å². The molecule has 1 fully saturated rings. The van der Waals surface area contributed by atoms with Crippen molar-refractivity contribution in [1.82, 2.24) is 51.8 Å². The molecule has 9 unspecified atom stereocenters. The van der Waals surface area contributed by atoms with Crippen molar-refractivity contribution < 1.29 is 145 Å². The number of nitrogens with zero attached hydrogens (tertiary/aromatic N) is 5. The standard InChI is InChI=1S/C98H146N12O30/c1-64(2)76(57-66(5)93(121)122)108(12)92(120)89(97(6,7)8)105-91(119)88(99-11)98(9,10)70-22-20-23-71(59-70)103-96(125)138-63-67-29-30-77(139-95-86(117)84(115)85(116)87(140-95)94(123)124)69(58-67)60-101-78(111)31-33-100-90(118)74(104-80(113)27-18-19-28-81(114)109-62-68-21-14-15-24-72(68)82-83(110(65(3)4)107-106-82)73-25-16-17-26-75(73)109)61-102-79(112)32-34-127-37-38-129-41-42-131-45-46-133-49-50-135-53-54-137-56-55-136-52-51-134-48-47-132-44-43-130-40-39-128-36-35-126-13/h14-17,20-26,29-30,57-59,64-65,74,76,84-89,95,99,115-117H,18-19,27-28,31-56,60-63H2,1-13H3,(H,100,118)(H,101,111)(H,102,112)(H,103,125)(H,104,113)(H,105,119)(H,121,122)(H,123,124)/b66-57+. The molecule has 9 atom stereocenters. The lowest BCUT2D eigenvalue weighted by Crippen LogP contribution is -2.61.